The highest BCUT2D eigenvalue weighted by Crippen LogP contribution is 2.20. The number of aliphatic hydroxyl groups excluding tert-OH is 1. The predicted molar refractivity (Wildman–Crippen MR) is 96.2 cm³/mol. The van der Waals surface area contributed by atoms with Crippen LogP contribution in [0.25, 0.3) is 0 Å². The molecule has 144 valence electrons. The Morgan fingerprint density at radius 3 is 1.81 bits per heavy atom. The molecule has 0 spiro atoms. The monoisotopic (exact) mass is 502 g/mol. The summed E-state index contributed by atoms with van der Waals surface area (Å²) in [5.41, 5.74) is -0.0380. The van der Waals surface area contributed by atoms with Crippen LogP contribution >= 0.6 is 31.9 Å². The average molecular weight is 504 g/mol. The molecular weight excluding hydrogens is 488 g/mol. The largest absolute Gasteiger partial charge is 0.461 e. The fraction of sp³-hybridized carbons (Fsp3) is 0.235. The van der Waals surface area contributed by atoms with Gasteiger partial charge in [0.2, 0.25) is 0 Å². The lowest BCUT2D eigenvalue weighted by Crippen LogP contribution is -2.02. The van der Waals surface area contributed by atoms with E-state index in [1.807, 2.05) is 0 Å². The first kappa shape index (κ1) is 24.6. The molecule has 0 bridgehead atoms. The second kappa shape index (κ2) is 11.3. The van der Waals surface area contributed by atoms with Gasteiger partial charge in [-0.25, -0.2) is 17.6 Å². The Morgan fingerprint density at radius 2 is 1.38 bits per heavy atom. The van der Waals surface area contributed by atoms with Gasteiger partial charge >= 0.3 is 5.97 Å². The summed E-state index contributed by atoms with van der Waals surface area (Å²) >= 11 is 5.98. The summed E-state index contributed by atoms with van der Waals surface area (Å²) < 4.78 is 56.4. The number of ether oxygens (including phenoxy) is 1. The third-order valence-corrected chi connectivity index (χ3v) is 3.65. The van der Waals surface area contributed by atoms with Crippen molar-refractivity contribution in [3.63, 3.8) is 0 Å². The quantitative estimate of drug-likeness (QED) is 0.334. The summed E-state index contributed by atoms with van der Waals surface area (Å²) in [6, 6.07) is 4.71. The summed E-state index contributed by atoms with van der Waals surface area (Å²) in [6.07, 6.45) is 0. The van der Waals surface area contributed by atoms with Crippen molar-refractivity contribution in [3.05, 3.63) is 67.6 Å². The van der Waals surface area contributed by atoms with Gasteiger partial charge in [0, 0.05) is 27.0 Å². The van der Waals surface area contributed by atoms with E-state index in [0.29, 0.717) is 8.95 Å². The fourth-order valence-electron chi connectivity index (χ4n) is 1.62. The van der Waals surface area contributed by atoms with Crippen molar-refractivity contribution in [3.8, 4) is 0 Å². The molecule has 1 N–H and O–H groups in total. The molecule has 2 aromatic rings. The van der Waals surface area contributed by atoms with E-state index in [2.05, 4.69) is 36.6 Å². The maximum absolute atomic E-state index is 13.0. The van der Waals surface area contributed by atoms with Gasteiger partial charge in [-0.05, 0) is 24.3 Å². The van der Waals surface area contributed by atoms with Crippen LogP contribution in [-0.4, -0.2) is 11.1 Å². The van der Waals surface area contributed by atoms with Crippen molar-refractivity contribution in [1.82, 2.24) is 0 Å². The lowest BCUT2D eigenvalue weighted by atomic mass is 10.2. The van der Waals surface area contributed by atoms with Crippen LogP contribution in [0.4, 0.5) is 17.6 Å². The minimum Gasteiger partial charge on any atom is -0.461 e. The van der Waals surface area contributed by atoms with Crippen molar-refractivity contribution in [2.45, 2.75) is 27.6 Å². The number of aliphatic hydroxyl groups is 1. The molecule has 0 fully saturated rings. The van der Waals surface area contributed by atoms with E-state index in [0.717, 1.165) is 12.1 Å². The summed E-state index contributed by atoms with van der Waals surface area (Å²) in [6.45, 7) is 0.436. The molecule has 26 heavy (non-hydrogen) atoms. The van der Waals surface area contributed by atoms with E-state index >= 15 is 0 Å². The van der Waals surface area contributed by atoms with E-state index in [1.165, 1.54) is 19.1 Å². The standard InChI is InChI=1S/C9H7BrF2O2.C7H5BrF2O.CH4/c1-5(13)14-4-6-2-7(10)3-8(11)9(6)12;8-5-1-4(3-11)7(10)6(9)2-5;/h2-3H,4H2,1H3;1-2,11H,3H2;1H4. The summed E-state index contributed by atoms with van der Waals surface area (Å²) in [5.74, 6) is -4.44. The molecule has 0 saturated carbocycles. The summed E-state index contributed by atoms with van der Waals surface area (Å²) in [5, 5.41) is 8.54. The Bertz CT molecular complexity index is 770. The highest BCUT2D eigenvalue weighted by Gasteiger charge is 2.11. The zero-order valence-corrected chi connectivity index (χ0v) is 15.9. The SMILES string of the molecule is C.CC(=O)OCc1cc(Br)cc(F)c1F.OCc1cc(Br)cc(F)c1F. The van der Waals surface area contributed by atoms with Crippen LogP contribution in [0, 0.1) is 23.3 Å². The molecule has 0 aliphatic heterocycles. The van der Waals surface area contributed by atoms with Crippen molar-refractivity contribution in [2.24, 2.45) is 0 Å². The fourth-order valence-corrected chi connectivity index (χ4v) is 2.57. The van der Waals surface area contributed by atoms with Crippen LogP contribution in [0.1, 0.15) is 25.5 Å². The molecule has 2 rings (SSSR count). The first-order chi connectivity index (χ1) is 11.6. The highest BCUT2D eigenvalue weighted by molar-refractivity contribution is 9.10. The molecular formula is C17H16Br2F4O3. The molecule has 0 radical (unpaired) electrons. The van der Waals surface area contributed by atoms with Gasteiger partial charge in [-0.15, -0.1) is 0 Å². The molecule has 3 nitrogen and oxygen atoms in total. The zero-order valence-electron chi connectivity index (χ0n) is 12.8. The molecule has 0 aliphatic carbocycles. The third kappa shape index (κ3) is 7.43. The minimum atomic E-state index is -0.991. The van der Waals surface area contributed by atoms with E-state index in [9.17, 15) is 22.4 Å². The topological polar surface area (TPSA) is 46.5 Å². The lowest BCUT2D eigenvalue weighted by Gasteiger charge is -2.05. The summed E-state index contributed by atoms with van der Waals surface area (Å²) in [7, 11) is 0. The maximum atomic E-state index is 13.0. The average Bonchev–Trinajstić information content (AvgIpc) is 2.53. The van der Waals surface area contributed by atoms with Crippen LogP contribution in [0.15, 0.2) is 33.2 Å². The van der Waals surface area contributed by atoms with Gasteiger partial charge in [-0.3, -0.25) is 4.79 Å². The van der Waals surface area contributed by atoms with E-state index in [-0.39, 0.29) is 25.2 Å². The van der Waals surface area contributed by atoms with Gasteiger partial charge in [0.15, 0.2) is 23.3 Å². The molecule has 0 unspecified atom stereocenters. The van der Waals surface area contributed by atoms with Crippen molar-refractivity contribution in [1.29, 1.82) is 0 Å². The summed E-state index contributed by atoms with van der Waals surface area (Å²) in [4.78, 5) is 10.4. The number of benzene rings is 2. The predicted octanol–water partition coefficient (Wildman–Crippen LogP) is 5.65. The number of hydrogen-bond acceptors (Lipinski definition) is 3. The van der Waals surface area contributed by atoms with Crippen LogP contribution in [0.2, 0.25) is 0 Å². The molecule has 0 saturated heterocycles. The first-order valence-corrected chi connectivity index (χ1v) is 8.25. The number of carbonyl (C=O) groups is 1. The lowest BCUT2D eigenvalue weighted by molar-refractivity contribution is -0.142. The van der Waals surface area contributed by atoms with Crippen molar-refractivity contribution in [2.75, 3.05) is 0 Å². The van der Waals surface area contributed by atoms with Crippen LogP contribution in [0.5, 0.6) is 0 Å². The second-order valence-electron chi connectivity index (χ2n) is 4.66. The molecule has 0 aliphatic rings. The van der Waals surface area contributed by atoms with E-state index in [1.54, 1.807) is 0 Å². The molecule has 2 aromatic carbocycles. The number of hydrogen-bond donors (Lipinski definition) is 1. The smallest absolute Gasteiger partial charge is 0.302 e. The van der Waals surface area contributed by atoms with Crippen molar-refractivity contribution < 1.29 is 32.2 Å². The Labute approximate surface area is 165 Å². The molecule has 0 heterocycles. The Morgan fingerprint density at radius 1 is 0.962 bits per heavy atom. The zero-order chi connectivity index (χ0) is 19.1. The number of rotatable bonds is 3. The van der Waals surface area contributed by atoms with E-state index < -0.39 is 35.8 Å². The van der Waals surface area contributed by atoms with Gasteiger partial charge in [-0.2, -0.15) is 0 Å². The van der Waals surface area contributed by atoms with Gasteiger partial charge in [0.1, 0.15) is 6.61 Å². The van der Waals surface area contributed by atoms with Gasteiger partial charge in [0.25, 0.3) is 0 Å². The molecule has 0 atom stereocenters. The molecule has 9 heteroatoms. The normalized spacial score (nSPS) is 9.69. The van der Waals surface area contributed by atoms with Gasteiger partial charge in [-0.1, -0.05) is 39.3 Å². The first-order valence-electron chi connectivity index (χ1n) is 6.66. The minimum absolute atomic E-state index is 0. The van der Waals surface area contributed by atoms with Gasteiger partial charge in [0.05, 0.1) is 6.61 Å². The van der Waals surface area contributed by atoms with Crippen LogP contribution < -0.4 is 0 Å². The Hall–Kier alpha value is -1.45. The third-order valence-electron chi connectivity index (χ3n) is 2.74. The number of halogens is 6. The van der Waals surface area contributed by atoms with Crippen LogP contribution in [-0.2, 0) is 22.7 Å². The number of carbonyl (C=O) groups excluding carboxylic acids is 1. The molecule has 0 amide bonds. The number of esters is 1. The van der Waals surface area contributed by atoms with Crippen LogP contribution in [0.3, 0.4) is 0 Å². The van der Waals surface area contributed by atoms with Crippen molar-refractivity contribution >= 4 is 37.8 Å². The Balaban J connectivity index is 0.000000475. The van der Waals surface area contributed by atoms with Gasteiger partial charge < -0.3 is 9.84 Å². The van der Waals surface area contributed by atoms with E-state index in [4.69, 9.17) is 5.11 Å². The maximum Gasteiger partial charge on any atom is 0.302 e. The highest BCUT2D eigenvalue weighted by atomic mass is 79.9. The second-order valence-corrected chi connectivity index (χ2v) is 6.49. The Kier molecular flexibility index (Phi) is 10.7. The molecule has 0 aromatic heterocycles.